The zero-order valence-corrected chi connectivity index (χ0v) is 10.7. The van der Waals surface area contributed by atoms with Gasteiger partial charge < -0.3 is 10.3 Å². The minimum Gasteiger partial charge on any atom is -0.361 e. The number of hydrogen-bond donors (Lipinski definition) is 1. The Bertz CT molecular complexity index is 481. The second-order valence-electron chi connectivity index (χ2n) is 4.13. The summed E-state index contributed by atoms with van der Waals surface area (Å²) in [5.41, 5.74) is 7.05. The van der Waals surface area contributed by atoms with E-state index in [2.05, 4.69) is 5.16 Å². The molecule has 17 heavy (non-hydrogen) atoms. The van der Waals surface area contributed by atoms with Crippen molar-refractivity contribution in [3.8, 4) is 0 Å². The second-order valence-corrected chi connectivity index (χ2v) is 6.22. The second kappa shape index (κ2) is 4.75. The van der Waals surface area contributed by atoms with E-state index >= 15 is 0 Å². The summed E-state index contributed by atoms with van der Waals surface area (Å²) < 4.78 is 30.6. The minimum atomic E-state index is -3.16. The Morgan fingerprint density at radius 1 is 1.53 bits per heavy atom. The summed E-state index contributed by atoms with van der Waals surface area (Å²) in [5, 5.41) is 3.86. The number of rotatable bonds is 4. The van der Waals surface area contributed by atoms with E-state index in [4.69, 9.17) is 10.3 Å². The summed E-state index contributed by atoms with van der Waals surface area (Å²) >= 11 is 0. The minimum absolute atomic E-state index is 0.186. The van der Waals surface area contributed by atoms with Crippen molar-refractivity contribution in [3.63, 3.8) is 0 Å². The van der Waals surface area contributed by atoms with Gasteiger partial charge in [0.05, 0.1) is 5.75 Å². The number of fused-ring (bicyclic) bond motifs is 1. The van der Waals surface area contributed by atoms with Gasteiger partial charge in [-0.15, -0.1) is 0 Å². The highest BCUT2D eigenvalue weighted by molar-refractivity contribution is 7.89. The monoisotopic (exact) mass is 259 g/mol. The molecule has 0 fully saturated rings. The summed E-state index contributed by atoms with van der Waals surface area (Å²) in [6.45, 7) is 2.94. The van der Waals surface area contributed by atoms with Crippen molar-refractivity contribution in [2.45, 2.75) is 32.9 Å². The quantitative estimate of drug-likeness (QED) is 0.836. The molecule has 0 spiro atoms. The molecule has 0 radical (unpaired) electrons. The molecule has 2 N–H and O–H groups in total. The lowest BCUT2D eigenvalue weighted by Crippen LogP contribution is -2.37. The lowest BCUT2D eigenvalue weighted by atomic mass is 10.1. The first kappa shape index (κ1) is 12.5. The van der Waals surface area contributed by atoms with E-state index in [0.29, 0.717) is 31.6 Å². The normalized spacial score (nSPS) is 17.1. The average molecular weight is 259 g/mol. The van der Waals surface area contributed by atoms with Gasteiger partial charge in [0.25, 0.3) is 0 Å². The lowest BCUT2D eigenvalue weighted by Gasteiger charge is -2.25. The molecular formula is C10H17N3O3S. The van der Waals surface area contributed by atoms with Crippen LogP contribution in [0, 0.1) is 0 Å². The highest BCUT2D eigenvalue weighted by atomic mass is 32.2. The Labute approximate surface area is 101 Å². The van der Waals surface area contributed by atoms with E-state index in [1.807, 2.05) is 6.92 Å². The molecular weight excluding hydrogens is 242 g/mol. The van der Waals surface area contributed by atoms with E-state index in [0.717, 1.165) is 11.3 Å². The van der Waals surface area contributed by atoms with Crippen molar-refractivity contribution >= 4 is 10.0 Å². The molecule has 0 bridgehead atoms. The van der Waals surface area contributed by atoms with Crippen molar-refractivity contribution < 1.29 is 12.9 Å². The number of sulfonamides is 1. The van der Waals surface area contributed by atoms with Crippen LogP contribution in [0.25, 0.3) is 0 Å². The smallest absolute Gasteiger partial charge is 0.214 e. The molecule has 0 aliphatic carbocycles. The summed E-state index contributed by atoms with van der Waals surface area (Å²) in [7, 11) is -3.16. The Kier molecular flexibility index (Phi) is 3.50. The molecule has 1 aromatic heterocycles. The fraction of sp³-hybridized carbons (Fsp3) is 0.700. The first-order valence-corrected chi connectivity index (χ1v) is 7.33. The lowest BCUT2D eigenvalue weighted by molar-refractivity contribution is 0.330. The van der Waals surface area contributed by atoms with E-state index in [-0.39, 0.29) is 12.3 Å². The molecule has 0 aromatic carbocycles. The molecule has 0 atom stereocenters. The molecule has 1 aliphatic rings. The van der Waals surface area contributed by atoms with Crippen molar-refractivity contribution in [1.82, 2.24) is 9.46 Å². The number of aromatic nitrogens is 1. The highest BCUT2D eigenvalue weighted by Crippen LogP contribution is 2.24. The van der Waals surface area contributed by atoms with Crippen LogP contribution in [0.3, 0.4) is 0 Å². The van der Waals surface area contributed by atoms with Crippen LogP contribution in [-0.4, -0.2) is 30.2 Å². The predicted octanol–water partition coefficient (Wildman–Crippen LogP) is 0.231. The van der Waals surface area contributed by atoms with E-state index < -0.39 is 10.0 Å². The largest absolute Gasteiger partial charge is 0.361 e. The zero-order chi connectivity index (χ0) is 12.5. The Morgan fingerprint density at radius 2 is 2.29 bits per heavy atom. The fourth-order valence-electron chi connectivity index (χ4n) is 2.02. The molecule has 0 amide bonds. The summed E-state index contributed by atoms with van der Waals surface area (Å²) in [5.74, 6) is 0.958. The summed E-state index contributed by atoms with van der Waals surface area (Å²) in [4.78, 5) is 0. The molecule has 0 unspecified atom stereocenters. The van der Waals surface area contributed by atoms with Crippen LogP contribution in [0.5, 0.6) is 0 Å². The Hall–Kier alpha value is -0.920. The number of hydrogen-bond acceptors (Lipinski definition) is 5. The maximum atomic E-state index is 12.0. The standard InChI is InChI=1S/C10H17N3O3S/c1-2-5-17(14,15)13-4-3-10-8(7-13)9(6-11)12-16-10/h2-7,11H2,1H3. The van der Waals surface area contributed by atoms with Crippen LogP contribution in [0.1, 0.15) is 30.4 Å². The third kappa shape index (κ3) is 2.36. The molecule has 96 valence electrons. The van der Waals surface area contributed by atoms with Crippen LogP contribution >= 0.6 is 0 Å². The van der Waals surface area contributed by atoms with Crippen molar-refractivity contribution in [1.29, 1.82) is 0 Å². The Balaban J connectivity index is 2.23. The molecule has 1 aromatic rings. The third-order valence-electron chi connectivity index (χ3n) is 2.92. The molecule has 0 saturated carbocycles. The van der Waals surface area contributed by atoms with Crippen molar-refractivity contribution in [2.24, 2.45) is 5.73 Å². The molecule has 0 saturated heterocycles. The van der Waals surface area contributed by atoms with Crippen LogP contribution in [-0.2, 0) is 29.5 Å². The average Bonchev–Trinajstić information content (AvgIpc) is 2.70. The van der Waals surface area contributed by atoms with E-state index in [1.165, 1.54) is 4.31 Å². The molecule has 6 nitrogen and oxygen atoms in total. The van der Waals surface area contributed by atoms with Gasteiger partial charge in [-0.2, -0.15) is 4.31 Å². The van der Waals surface area contributed by atoms with Crippen LogP contribution in [0.4, 0.5) is 0 Å². The molecule has 1 aliphatic heterocycles. The van der Waals surface area contributed by atoms with Crippen LogP contribution in [0.2, 0.25) is 0 Å². The molecule has 7 heteroatoms. The highest BCUT2D eigenvalue weighted by Gasteiger charge is 2.30. The van der Waals surface area contributed by atoms with E-state index in [9.17, 15) is 8.42 Å². The van der Waals surface area contributed by atoms with Crippen molar-refractivity contribution in [2.75, 3.05) is 12.3 Å². The third-order valence-corrected chi connectivity index (χ3v) is 4.95. The van der Waals surface area contributed by atoms with Gasteiger partial charge in [-0.25, -0.2) is 8.42 Å². The van der Waals surface area contributed by atoms with Gasteiger partial charge in [-0.05, 0) is 6.42 Å². The number of nitrogens with two attached hydrogens (primary N) is 1. The molecule has 2 heterocycles. The first-order chi connectivity index (χ1) is 8.08. The van der Waals surface area contributed by atoms with Gasteiger partial charge >= 0.3 is 0 Å². The van der Waals surface area contributed by atoms with Crippen molar-refractivity contribution in [3.05, 3.63) is 17.0 Å². The SMILES string of the molecule is CCCS(=O)(=O)N1CCc2onc(CN)c2C1. The van der Waals surface area contributed by atoms with E-state index in [1.54, 1.807) is 0 Å². The van der Waals surface area contributed by atoms with Gasteiger partial charge in [0.1, 0.15) is 11.5 Å². The van der Waals surface area contributed by atoms with Gasteiger partial charge in [-0.1, -0.05) is 12.1 Å². The Morgan fingerprint density at radius 3 is 2.94 bits per heavy atom. The maximum absolute atomic E-state index is 12.0. The van der Waals surface area contributed by atoms with Crippen LogP contribution < -0.4 is 5.73 Å². The van der Waals surface area contributed by atoms with Gasteiger partial charge in [0.2, 0.25) is 10.0 Å². The fourth-order valence-corrected chi connectivity index (χ4v) is 3.49. The first-order valence-electron chi connectivity index (χ1n) is 5.72. The van der Waals surface area contributed by atoms with Gasteiger partial charge in [0, 0.05) is 31.6 Å². The molecule has 2 rings (SSSR count). The van der Waals surface area contributed by atoms with Gasteiger partial charge in [0.15, 0.2) is 0 Å². The maximum Gasteiger partial charge on any atom is 0.214 e. The summed E-state index contributed by atoms with van der Waals surface area (Å²) in [6, 6.07) is 0. The van der Waals surface area contributed by atoms with Gasteiger partial charge in [-0.3, -0.25) is 0 Å². The topological polar surface area (TPSA) is 89.4 Å². The number of nitrogens with zero attached hydrogens (tertiary/aromatic N) is 2. The predicted molar refractivity (Wildman–Crippen MR) is 62.6 cm³/mol. The van der Waals surface area contributed by atoms with Crippen LogP contribution in [0.15, 0.2) is 4.52 Å². The summed E-state index contributed by atoms with van der Waals surface area (Å²) in [6.07, 6.45) is 1.20. The zero-order valence-electron chi connectivity index (χ0n) is 9.85.